The number of hydrogen-bond acceptors (Lipinski definition) is 6. The maximum absolute atomic E-state index is 11.5. The molecule has 0 saturated carbocycles. The molecule has 0 radical (unpaired) electrons. The van der Waals surface area contributed by atoms with Crippen molar-refractivity contribution in [3.63, 3.8) is 0 Å². The highest BCUT2D eigenvalue weighted by atomic mass is 79.9. The molecule has 30 heavy (non-hydrogen) atoms. The molecule has 1 N–H and O–H groups in total. The molecule has 1 aliphatic rings. The number of anilines is 1. The number of carbonyl (C=O) groups is 1. The Bertz CT molecular complexity index is 1290. The third-order valence-electron chi connectivity index (χ3n) is 4.73. The molecular weight excluding hydrogens is 488 g/mol. The Morgan fingerprint density at radius 1 is 1.30 bits per heavy atom. The number of rotatable bonds is 3. The van der Waals surface area contributed by atoms with Crippen LogP contribution in [0.1, 0.15) is 18.2 Å². The molecule has 0 unspecified atom stereocenters. The first-order valence-electron chi connectivity index (χ1n) is 9.12. The SMILES string of the molecule is CC(=O)Nc1nc2c(s1)-c1c(c(-c3cnccn3)nn1-c1ccc(Br)cc1Cl)CC2. The third-order valence-corrected chi connectivity index (χ3v) is 6.55. The summed E-state index contributed by atoms with van der Waals surface area (Å²) in [5.74, 6) is -0.147. The van der Waals surface area contributed by atoms with Gasteiger partial charge in [-0.2, -0.15) is 5.10 Å². The fraction of sp³-hybridized carbons (Fsp3) is 0.150. The zero-order valence-electron chi connectivity index (χ0n) is 15.7. The number of hydrogen-bond donors (Lipinski definition) is 1. The lowest BCUT2D eigenvalue weighted by atomic mass is 9.96. The molecule has 1 amide bonds. The molecule has 150 valence electrons. The molecule has 4 aromatic rings. The summed E-state index contributed by atoms with van der Waals surface area (Å²) in [4.78, 5) is 25.8. The van der Waals surface area contributed by atoms with Gasteiger partial charge in [0.2, 0.25) is 5.91 Å². The second-order valence-electron chi connectivity index (χ2n) is 6.75. The van der Waals surface area contributed by atoms with Crippen molar-refractivity contribution in [3.05, 3.63) is 57.5 Å². The van der Waals surface area contributed by atoms with Crippen LogP contribution in [0.4, 0.5) is 5.13 Å². The van der Waals surface area contributed by atoms with Crippen LogP contribution in [0.2, 0.25) is 5.02 Å². The summed E-state index contributed by atoms with van der Waals surface area (Å²) in [7, 11) is 0. The monoisotopic (exact) mass is 500 g/mol. The summed E-state index contributed by atoms with van der Waals surface area (Å²) in [6.07, 6.45) is 6.51. The van der Waals surface area contributed by atoms with E-state index < -0.39 is 0 Å². The number of halogens is 2. The summed E-state index contributed by atoms with van der Waals surface area (Å²) in [6, 6.07) is 5.69. The molecule has 0 atom stereocenters. The lowest BCUT2D eigenvalue weighted by molar-refractivity contribution is -0.114. The van der Waals surface area contributed by atoms with Gasteiger partial charge in [0.25, 0.3) is 0 Å². The Hall–Kier alpha value is -2.62. The normalized spacial score (nSPS) is 12.4. The molecule has 1 aromatic carbocycles. The van der Waals surface area contributed by atoms with Gasteiger partial charge in [0, 0.05) is 29.4 Å². The first kappa shape index (κ1) is 19.3. The molecule has 0 fully saturated rings. The Morgan fingerprint density at radius 2 is 2.17 bits per heavy atom. The molecule has 3 heterocycles. The van der Waals surface area contributed by atoms with E-state index in [0.717, 1.165) is 50.5 Å². The van der Waals surface area contributed by atoms with Gasteiger partial charge in [-0.05, 0) is 31.0 Å². The van der Waals surface area contributed by atoms with Crippen LogP contribution in [0, 0.1) is 0 Å². The number of nitrogens with one attached hydrogen (secondary N) is 1. The van der Waals surface area contributed by atoms with Crippen molar-refractivity contribution >= 4 is 49.9 Å². The molecule has 5 rings (SSSR count). The highest BCUT2D eigenvalue weighted by Crippen LogP contribution is 2.44. The Labute approximate surface area is 189 Å². The van der Waals surface area contributed by atoms with Crippen LogP contribution in [-0.2, 0) is 17.6 Å². The minimum atomic E-state index is -0.147. The summed E-state index contributed by atoms with van der Waals surface area (Å²) in [5.41, 5.74) is 5.17. The summed E-state index contributed by atoms with van der Waals surface area (Å²) >= 11 is 11.5. The number of aryl methyl sites for hydroxylation is 1. The van der Waals surface area contributed by atoms with E-state index >= 15 is 0 Å². The van der Waals surface area contributed by atoms with Crippen LogP contribution in [0.25, 0.3) is 27.6 Å². The van der Waals surface area contributed by atoms with Crippen molar-refractivity contribution in [1.29, 1.82) is 0 Å². The van der Waals surface area contributed by atoms with Gasteiger partial charge in [-0.1, -0.05) is 38.9 Å². The molecule has 0 aliphatic heterocycles. The van der Waals surface area contributed by atoms with Gasteiger partial charge in [-0.3, -0.25) is 14.8 Å². The van der Waals surface area contributed by atoms with Crippen molar-refractivity contribution in [2.24, 2.45) is 0 Å². The summed E-state index contributed by atoms with van der Waals surface area (Å²) in [6.45, 7) is 1.48. The molecule has 0 bridgehead atoms. The van der Waals surface area contributed by atoms with Crippen LogP contribution in [0.3, 0.4) is 0 Å². The zero-order valence-corrected chi connectivity index (χ0v) is 18.8. The van der Waals surface area contributed by atoms with Crippen molar-refractivity contribution in [1.82, 2.24) is 24.7 Å². The van der Waals surface area contributed by atoms with E-state index in [1.165, 1.54) is 18.3 Å². The van der Waals surface area contributed by atoms with Crippen LogP contribution in [0.15, 0.2) is 41.3 Å². The van der Waals surface area contributed by atoms with Gasteiger partial charge in [-0.25, -0.2) is 9.67 Å². The molecule has 1 aliphatic carbocycles. The number of fused-ring (bicyclic) bond motifs is 3. The predicted octanol–water partition coefficient (Wildman–Crippen LogP) is 4.93. The van der Waals surface area contributed by atoms with E-state index in [4.69, 9.17) is 16.7 Å². The van der Waals surface area contributed by atoms with E-state index in [2.05, 4.69) is 36.2 Å². The average molecular weight is 502 g/mol. The molecule has 0 saturated heterocycles. The smallest absolute Gasteiger partial charge is 0.223 e. The van der Waals surface area contributed by atoms with Crippen molar-refractivity contribution in [2.45, 2.75) is 19.8 Å². The van der Waals surface area contributed by atoms with Crippen LogP contribution >= 0.6 is 38.9 Å². The quantitative estimate of drug-likeness (QED) is 0.430. The molecule has 0 spiro atoms. The molecule has 7 nitrogen and oxygen atoms in total. The van der Waals surface area contributed by atoms with Gasteiger partial charge >= 0.3 is 0 Å². The van der Waals surface area contributed by atoms with Gasteiger partial charge in [0.1, 0.15) is 11.4 Å². The van der Waals surface area contributed by atoms with Crippen LogP contribution in [-0.4, -0.2) is 30.6 Å². The minimum Gasteiger partial charge on any atom is -0.302 e. The second kappa shape index (κ2) is 7.57. The molecular formula is C20H14BrClN6OS. The largest absolute Gasteiger partial charge is 0.302 e. The van der Waals surface area contributed by atoms with Gasteiger partial charge < -0.3 is 5.32 Å². The highest BCUT2D eigenvalue weighted by molar-refractivity contribution is 9.10. The number of carbonyl (C=O) groups excluding carboxylic acids is 1. The maximum Gasteiger partial charge on any atom is 0.223 e. The van der Waals surface area contributed by atoms with Crippen LogP contribution < -0.4 is 5.32 Å². The van der Waals surface area contributed by atoms with Crippen LogP contribution in [0.5, 0.6) is 0 Å². The predicted molar refractivity (Wildman–Crippen MR) is 120 cm³/mol. The number of benzene rings is 1. The topological polar surface area (TPSA) is 85.6 Å². The second-order valence-corrected chi connectivity index (χ2v) is 9.07. The summed E-state index contributed by atoms with van der Waals surface area (Å²) < 4.78 is 2.74. The van der Waals surface area contributed by atoms with E-state index in [1.54, 1.807) is 18.6 Å². The fourth-order valence-corrected chi connectivity index (χ4v) is 5.40. The number of nitrogens with zero attached hydrogens (tertiary/aromatic N) is 5. The highest BCUT2D eigenvalue weighted by Gasteiger charge is 2.30. The minimum absolute atomic E-state index is 0.147. The first-order valence-corrected chi connectivity index (χ1v) is 11.1. The Balaban J connectivity index is 1.77. The van der Waals surface area contributed by atoms with Crippen molar-refractivity contribution < 1.29 is 4.79 Å². The fourth-order valence-electron chi connectivity index (χ4n) is 3.53. The third kappa shape index (κ3) is 3.32. The van der Waals surface area contributed by atoms with E-state index in [1.807, 2.05) is 22.9 Å². The van der Waals surface area contributed by atoms with Gasteiger partial charge in [0.05, 0.1) is 33.2 Å². The molecule has 3 aromatic heterocycles. The average Bonchev–Trinajstić information content (AvgIpc) is 3.29. The lowest BCUT2D eigenvalue weighted by Crippen LogP contribution is -2.07. The Morgan fingerprint density at radius 3 is 2.90 bits per heavy atom. The van der Waals surface area contributed by atoms with Crippen molar-refractivity contribution in [3.8, 4) is 27.6 Å². The first-order chi connectivity index (χ1) is 14.5. The Kier molecular flexibility index (Phi) is 4.88. The molecule has 10 heteroatoms. The number of thiazole rings is 1. The lowest BCUT2D eigenvalue weighted by Gasteiger charge is -2.14. The number of aromatic nitrogens is 5. The maximum atomic E-state index is 11.5. The van der Waals surface area contributed by atoms with E-state index in [-0.39, 0.29) is 5.91 Å². The van der Waals surface area contributed by atoms with E-state index in [0.29, 0.717) is 15.8 Å². The van der Waals surface area contributed by atoms with Crippen molar-refractivity contribution in [2.75, 3.05) is 5.32 Å². The van der Waals surface area contributed by atoms with E-state index in [9.17, 15) is 4.79 Å². The standard InChI is InChI=1S/C20H14BrClN6OS/c1-10(29)25-20-26-14-4-3-12-17(15-9-23-6-7-24-15)27-28(18(12)19(14)30-20)16-5-2-11(21)8-13(16)22/h2,5-9H,3-4H2,1H3,(H,25,26,29). The van der Waals surface area contributed by atoms with Gasteiger partial charge in [0.15, 0.2) is 5.13 Å². The summed E-state index contributed by atoms with van der Waals surface area (Å²) in [5, 5.41) is 8.84. The number of amides is 1. The van der Waals surface area contributed by atoms with Gasteiger partial charge in [-0.15, -0.1) is 0 Å². The zero-order chi connectivity index (χ0) is 20.8.